The molecule has 3 aromatic carbocycles. The van der Waals surface area contributed by atoms with E-state index in [0.29, 0.717) is 33.6 Å². The average molecular weight is 655 g/mol. The van der Waals surface area contributed by atoms with Gasteiger partial charge in [-0.15, -0.1) is 0 Å². The van der Waals surface area contributed by atoms with Crippen LogP contribution in [0.15, 0.2) is 66.7 Å². The molecule has 0 aliphatic carbocycles. The van der Waals surface area contributed by atoms with Crippen LogP contribution < -0.4 is 14.4 Å². The largest absolute Gasteiger partial charge is 0.495 e. The van der Waals surface area contributed by atoms with Gasteiger partial charge in [0.05, 0.1) is 24.1 Å². The Bertz CT molecular complexity index is 1470. The van der Waals surface area contributed by atoms with Gasteiger partial charge in [-0.25, -0.2) is 8.42 Å². The van der Waals surface area contributed by atoms with Crippen molar-refractivity contribution < 1.29 is 22.7 Å². The second-order valence-corrected chi connectivity index (χ2v) is 12.7. The van der Waals surface area contributed by atoms with E-state index in [1.165, 1.54) is 22.4 Å². The Hall–Kier alpha value is -2.98. The topological polar surface area (TPSA) is 96.0 Å². The molecular formula is C30H34Cl3N3O5S. The smallest absolute Gasteiger partial charge is 0.243 e. The molecule has 12 heteroatoms. The number of likely N-dealkylation sites (N-methyl/N-ethyl adjacent to an activating group) is 1. The third-order valence-electron chi connectivity index (χ3n) is 6.59. The maximum atomic E-state index is 13.9. The van der Waals surface area contributed by atoms with Crippen LogP contribution >= 0.6 is 34.8 Å². The summed E-state index contributed by atoms with van der Waals surface area (Å²) in [5.41, 5.74) is 1.73. The zero-order chi connectivity index (χ0) is 30.9. The van der Waals surface area contributed by atoms with Crippen molar-refractivity contribution in [2.75, 3.05) is 30.8 Å². The van der Waals surface area contributed by atoms with Crippen LogP contribution in [0.4, 0.5) is 5.69 Å². The van der Waals surface area contributed by atoms with E-state index in [-0.39, 0.29) is 49.2 Å². The van der Waals surface area contributed by atoms with E-state index in [2.05, 4.69) is 5.32 Å². The van der Waals surface area contributed by atoms with E-state index >= 15 is 0 Å². The fourth-order valence-electron chi connectivity index (χ4n) is 4.51. The first-order valence-corrected chi connectivity index (χ1v) is 16.3. The van der Waals surface area contributed by atoms with Crippen molar-refractivity contribution in [2.45, 2.75) is 38.8 Å². The van der Waals surface area contributed by atoms with Gasteiger partial charge in [0.2, 0.25) is 21.8 Å². The molecule has 0 spiro atoms. The summed E-state index contributed by atoms with van der Waals surface area (Å²) in [6.45, 7) is 2.20. The standard InChI is InChI=1S/C30H34Cl3N3O5S/c1-4-34-30(38)27(18-21-10-6-5-7-11-21)35(20-23-24(31)12-8-13-25(23)32)29(37)14-9-17-36(42(3,39)40)22-15-16-28(41-2)26(33)19-22/h5-8,10-13,15-16,19,27H,4,9,14,17-18,20H2,1-3H3,(H,34,38)/t27-/m1/s1. The van der Waals surface area contributed by atoms with Crippen molar-refractivity contribution in [3.63, 3.8) is 0 Å². The maximum absolute atomic E-state index is 13.9. The van der Waals surface area contributed by atoms with Gasteiger partial charge in [0.15, 0.2) is 0 Å². The van der Waals surface area contributed by atoms with Crippen molar-refractivity contribution in [2.24, 2.45) is 0 Å². The molecule has 8 nitrogen and oxygen atoms in total. The highest BCUT2D eigenvalue weighted by atomic mass is 35.5. The first-order chi connectivity index (χ1) is 20.0. The highest BCUT2D eigenvalue weighted by Gasteiger charge is 2.31. The fraction of sp³-hybridized carbons (Fsp3) is 0.333. The van der Waals surface area contributed by atoms with Crippen molar-refractivity contribution in [3.05, 3.63) is 92.9 Å². The molecule has 3 aromatic rings. The first kappa shape index (κ1) is 33.5. The minimum Gasteiger partial charge on any atom is -0.495 e. The number of rotatable bonds is 14. The highest BCUT2D eigenvalue weighted by Crippen LogP contribution is 2.31. The lowest BCUT2D eigenvalue weighted by molar-refractivity contribution is -0.141. The summed E-state index contributed by atoms with van der Waals surface area (Å²) in [7, 11) is -2.23. The van der Waals surface area contributed by atoms with Crippen LogP contribution in [0.5, 0.6) is 5.75 Å². The van der Waals surface area contributed by atoms with Gasteiger partial charge in [-0.2, -0.15) is 0 Å². The van der Waals surface area contributed by atoms with Crippen LogP contribution in [0.25, 0.3) is 0 Å². The summed E-state index contributed by atoms with van der Waals surface area (Å²) in [4.78, 5) is 28.7. The van der Waals surface area contributed by atoms with Gasteiger partial charge in [0.1, 0.15) is 11.8 Å². The van der Waals surface area contributed by atoms with E-state index in [0.717, 1.165) is 11.8 Å². The lowest BCUT2D eigenvalue weighted by atomic mass is 10.0. The van der Waals surface area contributed by atoms with Crippen molar-refractivity contribution in [3.8, 4) is 5.75 Å². The number of carbonyl (C=O) groups excluding carboxylic acids is 2. The molecular weight excluding hydrogens is 621 g/mol. The average Bonchev–Trinajstić information content (AvgIpc) is 2.94. The molecule has 1 atom stereocenters. The third-order valence-corrected chi connectivity index (χ3v) is 8.79. The Labute approximate surface area is 262 Å². The molecule has 0 heterocycles. The van der Waals surface area contributed by atoms with E-state index < -0.39 is 16.1 Å². The summed E-state index contributed by atoms with van der Waals surface area (Å²) in [5.74, 6) is -0.254. The molecule has 0 saturated carbocycles. The van der Waals surface area contributed by atoms with Gasteiger partial charge in [-0.1, -0.05) is 71.2 Å². The van der Waals surface area contributed by atoms with Gasteiger partial charge in [0, 0.05) is 48.1 Å². The molecule has 0 aliphatic heterocycles. The van der Waals surface area contributed by atoms with Crippen LogP contribution in [0, 0.1) is 0 Å². The molecule has 0 radical (unpaired) electrons. The Morgan fingerprint density at radius 1 is 0.952 bits per heavy atom. The second-order valence-electron chi connectivity index (χ2n) is 9.58. The number of anilines is 1. The summed E-state index contributed by atoms with van der Waals surface area (Å²) < 4.78 is 31.7. The third kappa shape index (κ3) is 9.01. The van der Waals surface area contributed by atoms with Crippen LogP contribution in [0.3, 0.4) is 0 Å². The number of benzene rings is 3. The lowest BCUT2D eigenvalue weighted by Gasteiger charge is -2.32. The van der Waals surface area contributed by atoms with Crippen LogP contribution in [0.1, 0.15) is 30.9 Å². The summed E-state index contributed by atoms with van der Waals surface area (Å²) in [6.07, 6.45) is 1.49. The number of halogens is 3. The van der Waals surface area contributed by atoms with Gasteiger partial charge in [-0.3, -0.25) is 13.9 Å². The van der Waals surface area contributed by atoms with E-state index in [9.17, 15) is 18.0 Å². The van der Waals surface area contributed by atoms with E-state index in [1.54, 1.807) is 37.3 Å². The van der Waals surface area contributed by atoms with E-state index in [1.807, 2.05) is 30.3 Å². The Kier molecular flexibility index (Phi) is 12.4. The molecule has 0 unspecified atom stereocenters. The van der Waals surface area contributed by atoms with Crippen molar-refractivity contribution in [1.82, 2.24) is 10.2 Å². The molecule has 226 valence electrons. The molecule has 0 fully saturated rings. The van der Waals surface area contributed by atoms with Gasteiger partial charge in [0.25, 0.3) is 0 Å². The van der Waals surface area contributed by atoms with E-state index in [4.69, 9.17) is 39.5 Å². The minimum absolute atomic E-state index is 0.00411. The SMILES string of the molecule is CCNC(=O)[C@@H](Cc1ccccc1)N(Cc1c(Cl)cccc1Cl)C(=O)CCCN(c1ccc(OC)c(Cl)c1)S(C)(=O)=O. The summed E-state index contributed by atoms with van der Waals surface area (Å²) in [5, 5.41) is 3.83. The summed E-state index contributed by atoms with van der Waals surface area (Å²) >= 11 is 19.2. The molecule has 3 rings (SSSR count). The van der Waals surface area contributed by atoms with Gasteiger partial charge in [-0.05, 0) is 49.2 Å². The van der Waals surface area contributed by atoms with Crippen LogP contribution in [-0.2, 0) is 32.6 Å². The van der Waals surface area contributed by atoms with Gasteiger partial charge >= 0.3 is 0 Å². The zero-order valence-electron chi connectivity index (χ0n) is 23.6. The Balaban J connectivity index is 1.91. The Morgan fingerprint density at radius 2 is 1.62 bits per heavy atom. The quantitative estimate of drug-likeness (QED) is 0.231. The molecule has 2 amide bonds. The number of hydrogen-bond donors (Lipinski definition) is 1. The van der Waals surface area contributed by atoms with Gasteiger partial charge < -0.3 is 15.0 Å². The first-order valence-electron chi connectivity index (χ1n) is 13.3. The number of amides is 2. The number of nitrogens with one attached hydrogen (secondary N) is 1. The highest BCUT2D eigenvalue weighted by molar-refractivity contribution is 7.92. The van der Waals surface area contributed by atoms with Crippen LogP contribution in [-0.4, -0.2) is 57.6 Å². The molecule has 42 heavy (non-hydrogen) atoms. The number of nitrogens with zero attached hydrogens (tertiary/aromatic N) is 2. The van der Waals surface area contributed by atoms with Crippen LogP contribution in [0.2, 0.25) is 15.1 Å². The normalized spacial score (nSPS) is 12.0. The molecule has 1 N–H and O–H groups in total. The van der Waals surface area contributed by atoms with Crippen molar-refractivity contribution in [1.29, 1.82) is 0 Å². The predicted molar refractivity (Wildman–Crippen MR) is 169 cm³/mol. The van der Waals surface area contributed by atoms with Crippen molar-refractivity contribution >= 4 is 62.3 Å². The minimum atomic E-state index is -3.70. The monoisotopic (exact) mass is 653 g/mol. The molecule has 0 bridgehead atoms. The summed E-state index contributed by atoms with van der Waals surface area (Å²) in [6, 6.07) is 18.2. The number of carbonyl (C=O) groups is 2. The maximum Gasteiger partial charge on any atom is 0.243 e. The predicted octanol–water partition coefficient (Wildman–Crippen LogP) is 5.98. The number of sulfonamides is 1. The molecule has 0 saturated heterocycles. The molecule has 0 aliphatic rings. The fourth-order valence-corrected chi connectivity index (χ4v) is 6.24. The number of ether oxygens (including phenoxy) is 1. The number of methoxy groups -OCH3 is 1. The molecule has 0 aromatic heterocycles. The lowest BCUT2D eigenvalue weighted by Crippen LogP contribution is -2.50. The number of hydrogen-bond acceptors (Lipinski definition) is 5. The zero-order valence-corrected chi connectivity index (χ0v) is 26.7. The Morgan fingerprint density at radius 3 is 2.19 bits per heavy atom. The second kappa shape index (κ2) is 15.5.